The fourth-order valence-electron chi connectivity index (χ4n) is 3.61. The molecule has 1 rings (SSSR count). The van der Waals surface area contributed by atoms with Crippen molar-refractivity contribution in [3.8, 4) is 11.5 Å². The number of carbonyl (C=O) groups is 4. The Morgan fingerprint density at radius 3 is 1.80 bits per heavy atom. The van der Waals surface area contributed by atoms with Crippen molar-refractivity contribution in [3.05, 3.63) is 23.8 Å². The summed E-state index contributed by atoms with van der Waals surface area (Å²) in [6.45, 7) is 15.0. The molecule has 1 aromatic rings. The van der Waals surface area contributed by atoms with Gasteiger partial charge in [-0.2, -0.15) is 0 Å². The van der Waals surface area contributed by atoms with Crippen LogP contribution in [0.15, 0.2) is 18.2 Å². The van der Waals surface area contributed by atoms with Crippen LogP contribution < -0.4 is 15.2 Å². The first-order valence-electron chi connectivity index (χ1n) is 14.6. The van der Waals surface area contributed by atoms with Gasteiger partial charge >= 0.3 is 24.1 Å². The Hall–Kier alpha value is -3.14. The predicted octanol–water partition coefficient (Wildman–Crippen LogP) is 5.90. The number of hydrogen-bond acceptors (Lipinski definition) is 10. The van der Waals surface area contributed by atoms with Crippen molar-refractivity contribution in [2.24, 2.45) is 17.6 Å². The van der Waals surface area contributed by atoms with Crippen LogP contribution in [0.2, 0.25) is 0 Å². The maximum absolute atomic E-state index is 12.7. The molecule has 4 atom stereocenters. The van der Waals surface area contributed by atoms with E-state index in [1.54, 1.807) is 26.8 Å². The van der Waals surface area contributed by atoms with Crippen molar-refractivity contribution in [1.29, 1.82) is 0 Å². The van der Waals surface area contributed by atoms with Gasteiger partial charge in [0.05, 0.1) is 0 Å². The summed E-state index contributed by atoms with van der Waals surface area (Å²) >= 11 is 0. The molecule has 41 heavy (non-hydrogen) atoms. The van der Waals surface area contributed by atoms with Gasteiger partial charge in [0, 0.05) is 12.8 Å². The Balaban J connectivity index is 2.88. The summed E-state index contributed by atoms with van der Waals surface area (Å²) < 4.78 is 26.8. The zero-order valence-electron chi connectivity index (χ0n) is 25.9. The third kappa shape index (κ3) is 14.9. The van der Waals surface area contributed by atoms with Crippen molar-refractivity contribution >= 4 is 24.1 Å². The van der Waals surface area contributed by atoms with Gasteiger partial charge in [-0.1, -0.05) is 47.1 Å². The number of esters is 3. The largest absolute Gasteiger partial charge is 0.508 e. The maximum atomic E-state index is 12.7. The van der Waals surface area contributed by atoms with Crippen molar-refractivity contribution in [3.63, 3.8) is 0 Å². The molecule has 10 nitrogen and oxygen atoms in total. The zero-order chi connectivity index (χ0) is 31.1. The van der Waals surface area contributed by atoms with Gasteiger partial charge in [-0.05, 0) is 76.0 Å². The molecule has 0 heterocycles. The third-order valence-electron chi connectivity index (χ3n) is 6.30. The SMILES string of the molecule is CCCC(C)OC(=O)O[C@@H](C)[C@H](C)OC(=O)[C@@H](N)Cc1ccc(OC(=O)CCC(C)C)c(OC(=O)CCC(C)C)c1. The van der Waals surface area contributed by atoms with Gasteiger partial charge in [-0.25, -0.2) is 4.79 Å². The lowest BCUT2D eigenvalue weighted by atomic mass is 10.1. The Morgan fingerprint density at radius 1 is 0.732 bits per heavy atom. The maximum Gasteiger partial charge on any atom is 0.508 e. The molecule has 0 saturated heterocycles. The molecule has 0 aromatic heterocycles. The minimum Gasteiger partial charge on any atom is -0.458 e. The monoisotopic (exact) mass is 579 g/mol. The molecule has 0 aliphatic rings. The second kappa shape index (κ2) is 18.3. The highest BCUT2D eigenvalue weighted by atomic mass is 16.7. The van der Waals surface area contributed by atoms with Gasteiger partial charge < -0.3 is 29.4 Å². The van der Waals surface area contributed by atoms with E-state index in [0.717, 1.165) is 6.42 Å². The van der Waals surface area contributed by atoms with Crippen molar-refractivity contribution in [2.75, 3.05) is 0 Å². The summed E-state index contributed by atoms with van der Waals surface area (Å²) in [4.78, 5) is 49.5. The van der Waals surface area contributed by atoms with Crippen molar-refractivity contribution in [1.82, 2.24) is 0 Å². The molecule has 0 amide bonds. The van der Waals surface area contributed by atoms with E-state index in [-0.39, 0.29) is 36.9 Å². The van der Waals surface area contributed by atoms with Crippen LogP contribution in [0.1, 0.15) is 99.5 Å². The molecule has 232 valence electrons. The molecule has 0 bridgehead atoms. The molecular weight excluding hydrogens is 530 g/mol. The Labute approximate surface area is 244 Å². The van der Waals surface area contributed by atoms with E-state index in [4.69, 9.17) is 29.4 Å². The lowest BCUT2D eigenvalue weighted by Crippen LogP contribution is -2.39. The molecule has 2 N–H and O–H groups in total. The second-order valence-corrected chi connectivity index (χ2v) is 11.3. The topological polar surface area (TPSA) is 140 Å². The van der Waals surface area contributed by atoms with E-state index in [0.29, 0.717) is 36.7 Å². The molecule has 1 aromatic carbocycles. The fourth-order valence-corrected chi connectivity index (χ4v) is 3.61. The van der Waals surface area contributed by atoms with Gasteiger partial charge in [0.1, 0.15) is 24.4 Å². The van der Waals surface area contributed by atoms with E-state index >= 15 is 0 Å². The zero-order valence-corrected chi connectivity index (χ0v) is 25.9. The molecular formula is C31H49NO9. The summed E-state index contributed by atoms with van der Waals surface area (Å²) in [5.41, 5.74) is 6.69. The molecule has 0 aliphatic carbocycles. The van der Waals surface area contributed by atoms with Crippen molar-refractivity contribution < 1.29 is 42.9 Å². The van der Waals surface area contributed by atoms with Crippen LogP contribution in [0.4, 0.5) is 4.79 Å². The fraction of sp³-hybridized carbons (Fsp3) is 0.677. The van der Waals surface area contributed by atoms with Gasteiger partial charge in [-0.15, -0.1) is 0 Å². The van der Waals surface area contributed by atoms with Crippen LogP contribution >= 0.6 is 0 Å². The Bertz CT molecular complexity index is 992. The third-order valence-corrected chi connectivity index (χ3v) is 6.30. The van der Waals surface area contributed by atoms with E-state index in [2.05, 4.69) is 0 Å². The van der Waals surface area contributed by atoms with E-state index in [9.17, 15) is 19.2 Å². The van der Waals surface area contributed by atoms with Gasteiger partial charge in [-0.3, -0.25) is 14.4 Å². The highest BCUT2D eigenvalue weighted by Gasteiger charge is 2.26. The van der Waals surface area contributed by atoms with Crippen LogP contribution in [0.25, 0.3) is 0 Å². The van der Waals surface area contributed by atoms with Crippen LogP contribution in [-0.4, -0.2) is 48.4 Å². The lowest BCUT2D eigenvalue weighted by Gasteiger charge is -2.23. The average molecular weight is 580 g/mol. The molecule has 0 spiro atoms. The summed E-state index contributed by atoms with van der Waals surface area (Å²) in [5, 5.41) is 0. The number of nitrogens with two attached hydrogens (primary N) is 1. The number of ether oxygens (including phenoxy) is 5. The molecule has 1 unspecified atom stereocenters. The Kier molecular flexibility index (Phi) is 16.0. The highest BCUT2D eigenvalue weighted by molar-refractivity contribution is 5.77. The smallest absolute Gasteiger partial charge is 0.458 e. The number of rotatable bonds is 17. The van der Waals surface area contributed by atoms with Gasteiger partial charge in [0.2, 0.25) is 0 Å². The molecule has 0 aliphatic heterocycles. The minimum atomic E-state index is -1.05. The molecule has 10 heteroatoms. The molecule has 0 saturated carbocycles. The van der Waals surface area contributed by atoms with Gasteiger partial charge in [0.25, 0.3) is 0 Å². The second-order valence-electron chi connectivity index (χ2n) is 11.3. The normalized spacial score (nSPS) is 14.1. The van der Waals surface area contributed by atoms with Crippen LogP contribution in [0, 0.1) is 11.8 Å². The van der Waals surface area contributed by atoms with E-state index in [1.165, 1.54) is 12.1 Å². The average Bonchev–Trinajstić information content (AvgIpc) is 2.87. The lowest BCUT2D eigenvalue weighted by molar-refractivity contribution is -0.155. The quantitative estimate of drug-likeness (QED) is 0.175. The summed E-state index contributed by atoms with van der Waals surface area (Å²) in [6.07, 6.45) is 0.758. The first-order valence-corrected chi connectivity index (χ1v) is 14.6. The highest BCUT2D eigenvalue weighted by Crippen LogP contribution is 2.30. The number of hydrogen-bond donors (Lipinski definition) is 1. The van der Waals surface area contributed by atoms with Crippen LogP contribution in [0.5, 0.6) is 11.5 Å². The van der Waals surface area contributed by atoms with E-state index < -0.39 is 42.3 Å². The summed E-state index contributed by atoms with van der Waals surface area (Å²) in [7, 11) is 0. The molecule has 0 radical (unpaired) electrons. The van der Waals surface area contributed by atoms with Crippen LogP contribution in [-0.2, 0) is 35.0 Å². The van der Waals surface area contributed by atoms with E-state index in [1.807, 2.05) is 34.6 Å². The van der Waals surface area contributed by atoms with Crippen LogP contribution in [0.3, 0.4) is 0 Å². The summed E-state index contributed by atoms with van der Waals surface area (Å²) in [6, 6.07) is 3.65. The predicted molar refractivity (Wildman–Crippen MR) is 154 cm³/mol. The number of carbonyl (C=O) groups excluding carboxylic acids is 4. The first kappa shape index (κ1) is 35.9. The van der Waals surface area contributed by atoms with Gasteiger partial charge in [0.15, 0.2) is 11.5 Å². The minimum absolute atomic E-state index is 0.0650. The molecule has 0 fully saturated rings. The first-order chi connectivity index (χ1) is 19.2. The van der Waals surface area contributed by atoms with Crippen molar-refractivity contribution in [2.45, 2.75) is 125 Å². The Morgan fingerprint density at radius 2 is 1.27 bits per heavy atom. The standard InChI is InChI=1S/C31H49NO9/c1-9-10-21(6)37-31(36)39-23(8)22(7)38-30(35)25(32)17-24-13-14-26(40-28(33)15-11-19(2)3)27(18-24)41-29(34)16-12-20(4)5/h13-14,18-23,25H,9-12,15-17,32H2,1-8H3/t21?,22-,23-,25-/m0/s1. The number of benzene rings is 1. The summed E-state index contributed by atoms with van der Waals surface area (Å²) in [5.74, 6) is -0.723.